The van der Waals surface area contributed by atoms with E-state index in [-0.39, 0.29) is 12.8 Å². The highest BCUT2D eigenvalue weighted by molar-refractivity contribution is 7.74. The second-order valence-electron chi connectivity index (χ2n) is 8.14. The molecule has 33 heavy (non-hydrogen) atoms. The highest BCUT2D eigenvalue weighted by Gasteiger charge is 2.29. The zero-order valence-electron chi connectivity index (χ0n) is 19.9. The van der Waals surface area contributed by atoms with Gasteiger partial charge in [0, 0.05) is 12.7 Å². The van der Waals surface area contributed by atoms with Gasteiger partial charge in [-0.15, -0.1) is 0 Å². The van der Waals surface area contributed by atoms with E-state index < -0.39 is 13.1 Å². The molecular weight excluding hydrogens is 437 g/mol. The highest BCUT2D eigenvalue weighted by atomic mass is 31.2. The molecule has 0 saturated heterocycles. The summed E-state index contributed by atoms with van der Waals surface area (Å²) in [6.07, 6.45) is 6.48. The largest absolute Gasteiger partial charge is 0.494 e. The van der Waals surface area contributed by atoms with Gasteiger partial charge < -0.3 is 19.7 Å². The Morgan fingerprint density at radius 1 is 0.970 bits per heavy atom. The summed E-state index contributed by atoms with van der Waals surface area (Å²) >= 11 is 0. The Balaban J connectivity index is 1.75. The summed E-state index contributed by atoms with van der Waals surface area (Å²) in [4.78, 5) is 21.2. The van der Waals surface area contributed by atoms with Crippen LogP contribution in [0.1, 0.15) is 57.9 Å². The lowest BCUT2D eigenvalue weighted by molar-refractivity contribution is 0.174. The van der Waals surface area contributed by atoms with Crippen molar-refractivity contribution in [1.82, 2.24) is 5.32 Å². The van der Waals surface area contributed by atoms with Gasteiger partial charge in [0.15, 0.2) is 0 Å². The third-order valence-electron chi connectivity index (χ3n) is 5.33. The van der Waals surface area contributed by atoms with Crippen LogP contribution in [0.15, 0.2) is 48.5 Å². The first-order valence-corrected chi connectivity index (χ1v) is 13.8. The molecule has 0 fully saturated rings. The van der Waals surface area contributed by atoms with Crippen LogP contribution in [0.2, 0.25) is 0 Å². The van der Waals surface area contributed by atoms with E-state index in [1.54, 1.807) is 6.92 Å². The van der Waals surface area contributed by atoms with Gasteiger partial charge in [-0.3, -0.25) is 4.57 Å². The number of unbranched alkanes of at least 4 members (excludes halogenated alkanes) is 4. The minimum absolute atomic E-state index is 0.0745. The van der Waals surface area contributed by atoms with Crippen molar-refractivity contribution in [2.45, 2.75) is 58.9 Å². The Morgan fingerprint density at radius 2 is 1.73 bits per heavy atom. The molecule has 1 unspecified atom stereocenters. The lowest BCUT2D eigenvalue weighted by atomic mass is 10.0. The number of hydrogen-bond donors (Lipinski definition) is 2. The minimum atomic E-state index is -3.88. The molecule has 0 bridgehead atoms. The molecule has 2 N–H and O–H groups in total. The fourth-order valence-electron chi connectivity index (χ4n) is 3.44. The van der Waals surface area contributed by atoms with E-state index in [0.717, 1.165) is 35.5 Å². The van der Waals surface area contributed by atoms with Crippen LogP contribution in [0.3, 0.4) is 0 Å². The number of benzene rings is 2. The Labute approximate surface area is 198 Å². The van der Waals surface area contributed by atoms with Gasteiger partial charge in [0.2, 0.25) is 0 Å². The smallest absolute Gasteiger partial charge is 0.391 e. The number of hydrogen-bond acceptors (Lipinski definition) is 5. The standard InChI is InChI=1S/C26H38NO5P/c1-3-5-6-7-8-18-32-25-12-9-11-24(20-25)23-15-13-22(14-16-23)21-27-17-10-19-33(29,30)26(28)31-4-2/h9,11-16,20,27H,3-8,10,17-19,21H2,1-2H3,(H,29,30). The van der Waals surface area contributed by atoms with Gasteiger partial charge in [-0.2, -0.15) is 0 Å². The van der Waals surface area contributed by atoms with Gasteiger partial charge >= 0.3 is 13.1 Å². The van der Waals surface area contributed by atoms with Crippen molar-refractivity contribution < 1.29 is 23.7 Å². The van der Waals surface area contributed by atoms with Gasteiger partial charge in [0.1, 0.15) is 5.75 Å². The Kier molecular flexibility index (Phi) is 12.2. The van der Waals surface area contributed by atoms with E-state index >= 15 is 0 Å². The maximum atomic E-state index is 11.9. The van der Waals surface area contributed by atoms with Crippen LogP contribution in [0, 0.1) is 0 Å². The van der Waals surface area contributed by atoms with E-state index in [2.05, 4.69) is 53.4 Å². The van der Waals surface area contributed by atoms with Crippen molar-refractivity contribution in [3.05, 3.63) is 54.1 Å². The van der Waals surface area contributed by atoms with Gasteiger partial charge in [0.25, 0.3) is 0 Å². The molecule has 0 radical (unpaired) electrons. The molecule has 0 aliphatic rings. The molecule has 2 aromatic rings. The number of nitrogens with one attached hydrogen (secondary N) is 1. The van der Waals surface area contributed by atoms with Gasteiger partial charge in [-0.1, -0.05) is 69.0 Å². The van der Waals surface area contributed by atoms with E-state index in [4.69, 9.17) is 4.74 Å². The van der Waals surface area contributed by atoms with Crippen LogP contribution < -0.4 is 10.1 Å². The van der Waals surface area contributed by atoms with Crippen molar-refractivity contribution in [3.63, 3.8) is 0 Å². The molecule has 0 aliphatic heterocycles. The molecule has 2 rings (SSSR count). The summed E-state index contributed by atoms with van der Waals surface area (Å²) in [6.45, 7) is 5.89. The van der Waals surface area contributed by atoms with Crippen LogP contribution in [0.25, 0.3) is 11.1 Å². The summed E-state index contributed by atoms with van der Waals surface area (Å²) in [5.41, 5.74) is 2.37. The zero-order valence-corrected chi connectivity index (χ0v) is 20.8. The summed E-state index contributed by atoms with van der Waals surface area (Å²) in [6, 6.07) is 16.5. The van der Waals surface area contributed by atoms with E-state index in [1.165, 1.54) is 25.7 Å². The first-order valence-electron chi connectivity index (χ1n) is 12.0. The molecule has 0 heterocycles. The average Bonchev–Trinajstić information content (AvgIpc) is 2.82. The summed E-state index contributed by atoms with van der Waals surface area (Å²) < 4.78 is 22.5. The third kappa shape index (κ3) is 10.1. The quantitative estimate of drug-likeness (QED) is 0.210. The summed E-state index contributed by atoms with van der Waals surface area (Å²) in [7, 11) is -3.88. The maximum Gasteiger partial charge on any atom is 0.391 e. The first kappa shape index (κ1) is 27.1. The monoisotopic (exact) mass is 475 g/mol. The van der Waals surface area contributed by atoms with Crippen molar-refractivity contribution in [1.29, 1.82) is 0 Å². The summed E-state index contributed by atoms with van der Waals surface area (Å²) in [5.74, 6) is 0.901. The van der Waals surface area contributed by atoms with Crippen LogP contribution >= 0.6 is 7.37 Å². The lowest BCUT2D eigenvalue weighted by Gasteiger charge is -2.11. The fourth-order valence-corrected chi connectivity index (χ4v) is 4.54. The maximum absolute atomic E-state index is 11.9. The van der Waals surface area contributed by atoms with Crippen LogP contribution in [0.4, 0.5) is 4.79 Å². The van der Waals surface area contributed by atoms with E-state index in [0.29, 0.717) is 19.5 Å². The number of ether oxygens (including phenoxy) is 2. The fraction of sp³-hybridized carbons (Fsp3) is 0.500. The molecule has 0 amide bonds. The van der Waals surface area contributed by atoms with Crippen LogP contribution in [-0.4, -0.2) is 36.5 Å². The predicted octanol–water partition coefficient (Wildman–Crippen LogP) is 6.61. The van der Waals surface area contributed by atoms with Crippen molar-refractivity contribution in [3.8, 4) is 16.9 Å². The van der Waals surface area contributed by atoms with Gasteiger partial charge in [-0.25, -0.2) is 4.79 Å². The van der Waals surface area contributed by atoms with E-state index in [9.17, 15) is 14.3 Å². The highest BCUT2D eigenvalue weighted by Crippen LogP contribution is 2.43. The van der Waals surface area contributed by atoms with Crippen LogP contribution in [0.5, 0.6) is 5.75 Å². The summed E-state index contributed by atoms with van der Waals surface area (Å²) in [5, 5.41) is 3.25. The average molecular weight is 476 g/mol. The molecule has 0 aliphatic carbocycles. The Morgan fingerprint density at radius 3 is 2.45 bits per heavy atom. The second-order valence-corrected chi connectivity index (χ2v) is 10.4. The Hall–Kier alpha value is -2.14. The molecule has 0 spiro atoms. The molecule has 0 aromatic heterocycles. The number of carbonyl (C=O) groups is 1. The SMILES string of the molecule is CCCCCCCOc1cccc(-c2ccc(CNCCCP(=O)(O)C(=O)OCC)cc2)c1. The second kappa shape index (κ2) is 14.9. The number of carbonyl (C=O) groups excluding carboxylic acids is 1. The third-order valence-corrected chi connectivity index (χ3v) is 6.96. The Bertz CT molecular complexity index is 885. The van der Waals surface area contributed by atoms with Gasteiger partial charge in [0.05, 0.1) is 13.2 Å². The minimum Gasteiger partial charge on any atom is -0.494 e. The molecule has 6 nitrogen and oxygen atoms in total. The molecular formula is C26H38NO5P. The van der Waals surface area contributed by atoms with Crippen molar-refractivity contribution in [2.24, 2.45) is 0 Å². The van der Waals surface area contributed by atoms with E-state index in [1.807, 2.05) is 12.1 Å². The molecule has 7 heteroatoms. The lowest BCUT2D eigenvalue weighted by Crippen LogP contribution is -2.16. The van der Waals surface area contributed by atoms with Crippen molar-refractivity contribution >= 4 is 13.1 Å². The predicted molar refractivity (Wildman–Crippen MR) is 134 cm³/mol. The molecule has 2 aromatic carbocycles. The normalized spacial score (nSPS) is 12.8. The molecule has 182 valence electrons. The van der Waals surface area contributed by atoms with Gasteiger partial charge in [-0.05, 0) is 55.1 Å². The molecule has 1 atom stereocenters. The number of rotatable bonds is 16. The molecule has 0 saturated carbocycles. The first-order chi connectivity index (χ1) is 16.0. The van der Waals surface area contributed by atoms with Crippen LogP contribution in [-0.2, 0) is 15.8 Å². The zero-order chi connectivity index (χ0) is 23.9. The topological polar surface area (TPSA) is 84.9 Å². The van der Waals surface area contributed by atoms with Crippen molar-refractivity contribution in [2.75, 3.05) is 25.9 Å².